The van der Waals surface area contributed by atoms with Gasteiger partial charge in [0.2, 0.25) is 0 Å². The van der Waals surface area contributed by atoms with Crippen LogP contribution in [0.5, 0.6) is 0 Å². The second kappa shape index (κ2) is 11.3. The van der Waals surface area contributed by atoms with Crippen LogP contribution in [-0.2, 0) is 4.74 Å². The predicted molar refractivity (Wildman–Crippen MR) is 45.3 cm³/mol. The Balaban J connectivity index is 0. The van der Waals surface area contributed by atoms with E-state index < -0.39 is 6.79 Å². The molecule has 1 aromatic rings. The third-order valence-corrected chi connectivity index (χ3v) is 1.53. The van der Waals surface area contributed by atoms with Crippen LogP contribution in [0, 0.1) is 6.42 Å². The van der Waals surface area contributed by atoms with Crippen molar-refractivity contribution < 1.29 is 47.6 Å². The molecule has 1 rings (SSSR count). The molecular formula is C10H12Li2O2. The van der Waals surface area contributed by atoms with E-state index in [1.807, 2.05) is 30.3 Å². The fourth-order valence-electron chi connectivity index (χ4n) is 0.957. The molecule has 0 radical (unpaired) electrons. The largest absolute Gasteiger partial charge is 1.00 e. The summed E-state index contributed by atoms with van der Waals surface area (Å²) < 4.78 is 4.67. The number of ether oxygens (including phenoxy) is 1. The van der Waals surface area contributed by atoms with Crippen molar-refractivity contribution in [1.29, 1.82) is 0 Å². The molecule has 0 heterocycles. The van der Waals surface area contributed by atoms with Gasteiger partial charge in [-0.05, 0) is 6.79 Å². The van der Waals surface area contributed by atoms with E-state index in [-0.39, 0.29) is 37.7 Å². The van der Waals surface area contributed by atoms with E-state index in [1.165, 1.54) is 5.56 Å². The number of benzene rings is 1. The quantitative estimate of drug-likeness (QED) is 0.196. The Bertz CT molecular complexity index is 205. The van der Waals surface area contributed by atoms with Gasteiger partial charge in [0.15, 0.2) is 0 Å². The molecule has 0 unspecified atom stereocenters. The van der Waals surface area contributed by atoms with Crippen molar-refractivity contribution in [1.82, 2.24) is 0 Å². The summed E-state index contributed by atoms with van der Waals surface area (Å²) in [4.78, 5) is 0. The van der Waals surface area contributed by atoms with E-state index in [9.17, 15) is 5.11 Å². The smallest absolute Gasteiger partial charge is 0.834 e. The Labute approximate surface area is 109 Å². The second-order valence-corrected chi connectivity index (χ2v) is 2.43. The molecule has 66 valence electrons. The van der Waals surface area contributed by atoms with Gasteiger partial charge in [0.05, 0.1) is 0 Å². The fourth-order valence-corrected chi connectivity index (χ4v) is 0.957. The standard InChI is InChI=1S/C10H12O2.2Li/c11-9-12-8-4-7-10-5-2-1-3-6-10;;/h1-3,5-7H,4,8-9H2;;/q-2;2*+1. The van der Waals surface area contributed by atoms with Crippen LogP contribution in [0.3, 0.4) is 0 Å². The van der Waals surface area contributed by atoms with E-state index in [4.69, 9.17) is 0 Å². The van der Waals surface area contributed by atoms with Crippen molar-refractivity contribution in [3.63, 3.8) is 0 Å². The van der Waals surface area contributed by atoms with Gasteiger partial charge in [-0.2, -0.15) is 24.1 Å². The minimum Gasteiger partial charge on any atom is -0.834 e. The average molecular weight is 178 g/mol. The summed E-state index contributed by atoms with van der Waals surface area (Å²) in [6.45, 7) is 0.0705. The van der Waals surface area contributed by atoms with Crippen LogP contribution in [0.15, 0.2) is 30.3 Å². The summed E-state index contributed by atoms with van der Waals surface area (Å²) >= 11 is 0. The summed E-state index contributed by atoms with van der Waals surface area (Å²) in [5.74, 6) is 0. The molecule has 0 aliphatic rings. The van der Waals surface area contributed by atoms with Crippen molar-refractivity contribution in [3.05, 3.63) is 42.3 Å². The average Bonchev–Trinajstić information content (AvgIpc) is 2.14. The van der Waals surface area contributed by atoms with Gasteiger partial charge in [-0.1, -0.05) is 12.5 Å². The van der Waals surface area contributed by atoms with Crippen molar-refractivity contribution in [2.75, 3.05) is 13.4 Å². The van der Waals surface area contributed by atoms with Crippen molar-refractivity contribution >= 4 is 0 Å². The van der Waals surface area contributed by atoms with Crippen LogP contribution in [0.1, 0.15) is 12.0 Å². The zero-order valence-electron chi connectivity index (χ0n) is 8.90. The Morgan fingerprint density at radius 2 is 1.79 bits per heavy atom. The second-order valence-electron chi connectivity index (χ2n) is 2.43. The molecule has 0 spiro atoms. The fraction of sp³-hybridized carbons (Fsp3) is 0.300. The van der Waals surface area contributed by atoms with Gasteiger partial charge >= 0.3 is 37.7 Å². The molecule has 0 saturated heterocycles. The van der Waals surface area contributed by atoms with E-state index in [0.29, 0.717) is 6.61 Å². The first-order valence-corrected chi connectivity index (χ1v) is 3.97. The summed E-state index contributed by atoms with van der Waals surface area (Å²) in [6.07, 6.45) is 2.85. The maximum absolute atomic E-state index is 9.91. The minimum absolute atomic E-state index is 0. The van der Waals surface area contributed by atoms with Crippen LogP contribution in [0.2, 0.25) is 0 Å². The van der Waals surface area contributed by atoms with Gasteiger partial charge in [-0.15, -0.1) is 12.1 Å². The summed E-state index contributed by atoms with van der Waals surface area (Å²) in [7, 11) is 0. The van der Waals surface area contributed by atoms with Crippen molar-refractivity contribution in [2.24, 2.45) is 0 Å². The monoisotopic (exact) mass is 178 g/mol. The third kappa shape index (κ3) is 7.59. The number of hydrogen-bond acceptors (Lipinski definition) is 2. The summed E-state index contributed by atoms with van der Waals surface area (Å²) in [6, 6.07) is 10.0. The maximum Gasteiger partial charge on any atom is 1.00 e. The van der Waals surface area contributed by atoms with Gasteiger partial charge in [0, 0.05) is 6.61 Å². The van der Waals surface area contributed by atoms with Crippen molar-refractivity contribution in [3.8, 4) is 0 Å². The van der Waals surface area contributed by atoms with E-state index in [1.54, 1.807) is 0 Å². The molecule has 0 atom stereocenters. The topological polar surface area (TPSA) is 32.3 Å². The molecule has 0 amide bonds. The Hall–Kier alpha value is 0.205. The molecule has 0 saturated carbocycles. The molecule has 0 N–H and O–H groups in total. The zero-order chi connectivity index (χ0) is 8.65. The Kier molecular flexibility index (Phi) is 13.4. The van der Waals surface area contributed by atoms with E-state index >= 15 is 0 Å². The first-order chi connectivity index (χ1) is 5.93. The molecule has 14 heavy (non-hydrogen) atoms. The Morgan fingerprint density at radius 1 is 1.14 bits per heavy atom. The van der Waals surface area contributed by atoms with Gasteiger partial charge in [0.1, 0.15) is 0 Å². The third-order valence-electron chi connectivity index (χ3n) is 1.53. The SMILES string of the molecule is [Li+].[Li+].[O-]COCC[CH-]c1ccccc1. The molecule has 0 aromatic heterocycles. The van der Waals surface area contributed by atoms with Crippen molar-refractivity contribution in [2.45, 2.75) is 6.42 Å². The first-order valence-electron chi connectivity index (χ1n) is 3.97. The van der Waals surface area contributed by atoms with Crippen LogP contribution in [0.25, 0.3) is 0 Å². The zero-order valence-corrected chi connectivity index (χ0v) is 8.90. The van der Waals surface area contributed by atoms with E-state index in [2.05, 4.69) is 11.2 Å². The summed E-state index contributed by atoms with van der Waals surface area (Å²) in [5.41, 5.74) is 1.17. The molecule has 1 aromatic carbocycles. The maximum atomic E-state index is 9.91. The molecule has 0 fully saturated rings. The number of hydrogen-bond donors (Lipinski definition) is 0. The van der Waals surface area contributed by atoms with Gasteiger partial charge in [0.25, 0.3) is 0 Å². The Morgan fingerprint density at radius 3 is 2.36 bits per heavy atom. The molecule has 0 bridgehead atoms. The molecule has 2 nitrogen and oxygen atoms in total. The van der Waals surface area contributed by atoms with Crippen LogP contribution in [-0.4, -0.2) is 13.4 Å². The van der Waals surface area contributed by atoms with Crippen LogP contribution in [0.4, 0.5) is 0 Å². The van der Waals surface area contributed by atoms with Gasteiger partial charge in [-0.25, -0.2) is 0 Å². The van der Waals surface area contributed by atoms with E-state index in [0.717, 1.165) is 6.42 Å². The first kappa shape index (κ1) is 16.6. The normalized spacial score (nSPS) is 8.36. The van der Waals surface area contributed by atoms with Crippen LogP contribution >= 0.6 is 0 Å². The predicted octanol–water partition coefficient (Wildman–Crippen LogP) is -5.03. The molecular weight excluding hydrogens is 166 g/mol. The number of rotatable bonds is 5. The van der Waals surface area contributed by atoms with Gasteiger partial charge in [-0.3, -0.25) is 0 Å². The van der Waals surface area contributed by atoms with Gasteiger partial charge < -0.3 is 9.84 Å². The minimum atomic E-state index is -0.442. The van der Waals surface area contributed by atoms with Crippen LogP contribution < -0.4 is 42.8 Å². The molecule has 0 aliphatic heterocycles. The summed E-state index contributed by atoms with van der Waals surface area (Å²) in [5, 5.41) is 9.91. The molecule has 0 aliphatic carbocycles. The molecule has 4 heteroatoms.